The van der Waals surface area contributed by atoms with E-state index < -0.39 is 0 Å². The molecule has 2 saturated heterocycles. The van der Waals surface area contributed by atoms with Crippen molar-refractivity contribution in [2.45, 2.75) is 19.4 Å². The van der Waals surface area contributed by atoms with E-state index in [0.29, 0.717) is 6.04 Å². The Labute approximate surface area is 98.3 Å². The fourth-order valence-electron chi connectivity index (χ4n) is 2.37. The highest BCUT2D eigenvalue weighted by molar-refractivity contribution is 4.72. The van der Waals surface area contributed by atoms with Crippen molar-refractivity contribution < 1.29 is 9.47 Å². The number of nitrogens with one attached hydrogen (secondary N) is 1. The zero-order valence-electron chi connectivity index (χ0n) is 10.3. The molecule has 2 fully saturated rings. The predicted octanol–water partition coefficient (Wildman–Crippen LogP) is 0.333. The van der Waals surface area contributed by atoms with Crippen LogP contribution in [0.15, 0.2) is 0 Å². The maximum absolute atomic E-state index is 5.42. The minimum absolute atomic E-state index is 0.574. The Balaban J connectivity index is 1.53. The average Bonchev–Trinajstić information content (AvgIpc) is 2.79. The lowest BCUT2D eigenvalue weighted by molar-refractivity contribution is 0.000357. The van der Waals surface area contributed by atoms with Crippen LogP contribution in [0.5, 0.6) is 0 Å². The van der Waals surface area contributed by atoms with Gasteiger partial charge >= 0.3 is 0 Å². The molecule has 2 heterocycles. The van der Waals surface area contributed by atoms with Crippen LogP contribution in [0, 0.1) is 5.92 Å². The van der Waals surface area contributed by atoms with Crippen LogP contribution >= 0.6 is 0 Å². The second kappa shape index (κ2) is 6.55. The summed E-state index contributed by atoms with van der Waals surface area (Å²) in [7, 11) is 0. The summed E-state index contributed by atoms with van der Waals surface area (Å²) in [5.74, 6) is 0.738. The number of ether oxygens (including phenoxy) is 2. The molecule has 0 aromatic carbocycles. The molecule has 16 heavy (non-hydrogen) atoms. The molecule has 2 rings (SSSR count). The van der Waals surface area contributed by atoms with Crippen molar-refractivity contribution in [1.82, 2.24) is 10.2 Å². The van der Waals surface area contributed by atoms with Gasteiger partial charge in [-0.15, -0.1) is 0 Å². The summed E-state index contributed by atoms with van der Waals surface area (Å²) in [6.07, 6.45) is 1.22. The molecule has 0 aliphatic carbocycles. The predicted molar refractivity (Wildman–Crippen MR) is 63.6 cm³/mol. The summed E-state index contributed by atoms with van der Waals surface area (Å²) >= 11 is 0. The van der Waals surface area contributed by atoms with Gasteiger partial charge in [-0.1, -0.05) is 0 Å². The zero-order chi connectivity index (χ0) is 11.2. The summed E-state index contributed by atoms with van der Waals surface area (Å²) in [5.41, 5.74) is 0. The number of hydrogen-bond acceptors (Lipinski definition) is 4. The number of hydrogen-bond donors (Lipinski definition) is 1. The third-order valence-corrected chi connectivity index (χ3v) is 3.54. The first kappa shape index (κ1) is 12.3. The lowest BCUT2D eigenvalue weighted by atomic mass is 10.1. The largest absolute Gasteiger partial charge is 0.381 e. The van der Waals surface area contributed by atoms with E-state index in [4.69, 9.17) is 9.47 Å². The van der Waals surface area contributed by atoms with E-state index in [9.17, 15) is 0 Å². The molecular formula is C12H24N2O2. The molecule has 0 bridgehead atoms. The van der Waals surface area contributed by atoms with Crippen LogP contribution in [-0.2, 0) is 9.47 Å². The Morgan fingerprint density at radius 1 is 1.25 bits per heavy atom. The lowest BCUT2D eigenvalue weighted by Gasteiger charge is -2.33. The lowest BCUT2D eigenvalue weighted by Crippen LogP contribution is -2.46. The Hall–Kier alpha value is -0.160. The van der Waals surface area contributed by atoms with Crippen LogP contribution in [0.4, 0.5) is 0 Å². The summed E-state index contributed by atoms with van der Waals surface area (Å²) < 4.78 is 10.8. The molecule has 94 valence electrons. The Bertz CT molecular complexity index is 195. The first-order valence-corrected chi connectivity index (χ1v) is 6.46. The number of rotatable bonds is 5. The van der Waals surface area contributed by atoms with Crippen LogP contribution in [0.1, 0.15) is 13.3 Å². The van der Waals surface area contributed by atoms with Crippen LogP contribution in [0.3, 0.4) is 0 Å². The molecule has 2 aliphatic heterocycles. The van der Waals surface area contributed by atoms with Gasteiger partial charge in [0.25, 0.3) is 0 Å². The summed E-state index contributed by atoms with van der Waals surface area (Å²) in [5, 5.41) is 3.53. The maximum atomic E-state index is 5.42. The van der Waals surface area contributed by atoms with Gasteiger partial charge in [0.1, 0.15) is 0 Å². The van der Waals surface area contributed by atoms with Crippen molar-refractivity contribution in [3.05, 3.63) is 0 Å². The van der Waals surface area contributed by atoms with Crippen molar-refractivity contribution >= 4 is 0 Å². The van der Waals surface area contributed by atoms with Crippen LogP contribution in [0.25, 0.3) is 0 Å². The molecule has 2 unspecified atom stereocenters. The Kier molecular flexibility index (Phi) is 5.03. The standard InChI is InChI=1S/C12H24N2O2/c1-11-9-16-7-5-14(11)4-3-13-8-12-2-6-15-10-12/h11-13H,2-10H2,1H3. The maximum Gasteiger partial charge on any atom is 0.0619 e. The van der Waals surface area contributed by atoms with E-state index in [1.807, 2.05) is 0 Å². The minimum atomic E-state index is 0.574. The molecule has 0 amide bonds. The van der Waals surface area contributed by atoms with Crippen molar-refractivity contribution in [2.24, 2.45) is 5.92 Å². The highest BCUT2D eigenvalue weighted by Crippen LogP contribution is 2.10. The molecule has 1 N–H and O–H groups in total. The smallest absolute Gasteiger partial charge is 0.0619 e. The molecule has 2 atom stereocenters. The molecule has 2 aliphatic rings. The van der Waals surface area contributed by atoms with Gasteiger partial charge in [-0.3, -0.25) is 4.90 Å². The third-order valence-electron chi connectivity index (χ3n) is 3.54. The molecule has 0 saturated carbocycles. The second-order valence-electron chi connectivity index (χ2n) is 4.89. The molecule has 4 nitrogen and oxygen atoms in total. The summed E-state index contributed by atoms with van der Waals surface area (Å²) in [4.78, 5) is 2.50. The van der Waals surface area contributed by atoms with E-state index in [1.165, 1.54) is 6.42 Å². The van der Waals surface area contributed by atoms with Gasteiger partial charge in [0.05, 0.1) is 19.8 Å². The normalized spacial score (nSPS) is 32.1. The van der Waals surface area contributed by atoms with Crippen molar-refractivity contribution in [1.29, 1.82) is 0 Å². The first-order chi connectivity index (χ1) is 7.86. The SMILES string of the molecule is CC1COCCN1CCNCC1CCOC1. The van der Waals surface area contributed by atoms with E-state index in [2.05, 4.69) is 17.1 Å². The van der Waals surface area contributed by atoms with Crippen LogP contribution in [0.2, 0.25) is 0 Å². The summed E-state index contributed by atoms with van der Waals surface area (Å²) in [6, 6.07) is 0.574. The number of nitrogens with zero attached hydrogens (tertiary/aromatic N) is 1. The van der Waals surface area contributed by atoms with Gasteiger partial charge in [0.2, 0.25) is 0 Å². The Morgan fingerprint density at radius 3 is 2.88 bits per heavy atom. The van der Waals surface area contributed by atoms with Gasteiger partial charge in [-0.05, 0) is 19.3 Å². The van der Waals surface area contributed by atoms with E-state index >= 15 is 0 Å². The van der Waals surface area contributed by atoms with Crippen LogP contribution in [-0.4, -0.2) is 63.5 Å². The molecular weight excluding hydrogens is 204 g/mol. The minimum Gasteiger partial charge on any atom is -0.381 e. The molecule has 0 aromatic rings. The number of morpholine rings is 1. The van der Waals surface area contributed by atoms with Gasteiger partial charge < -0.3 is 14.8 Å². The van der Waals surface area contributed by atoms with Crippen molar-refractivity contribution in [3.8, 4) is 0 Å². The van der Waals surface area contributed by atoms with Gasteiger partial charge in [0.15, 0.2) is 0 Å². The highest BCUT2D eigenvalue weighted by atomic mass is 16.5. The fraction of sp³-hybridized carbons (Fsp3) is 1.00. The van der Waals surface area contributed by atoms with E-state index in [1.54, 1.807) is 0 Å². The fourth-order valence-corrected chi connectivity index (χ4v) is 2.37. The summed E-state index contributed by atoms with van der Waals surface area (Å²) in [6.45, 7) is 10.3. The van der Waals surface area contributed by atoms with Crippen molar-refractivity contribution in [2.75, 3.05) is 52.6 Å². The quantitative estimate of drug-likeness (QED) is 0.688. The van der Waals surface area contributed by atoms with Gasteiger partial charge in [-0.25, -0.2) is 0 Å². The molecule has 0 radical (unpaired) electrons. The third kappa shape index (κ3) is 3.70. The molecule has 0 spiro atoms. The van der Waals surface area contributed by atoms with Crippen LogP contribution < -0.4 is 5.32 Å². The van der Waals surface area contributed by atoms with Gasteiger partial charge in [0, 0.05) is 38.8 Å². The molecule has 0 aromatic heterocycles. The first-order valence-electron chi connectivity index (χ1n) is 6.46. The van der Waals surface area contributed by atoms with E-state index in [-0.39, 0.29) is 0 Å². The topological polar surface area (TPSA) is 33.7 Å². The second-order valence-corrected chi connectivity index (χ2v) is 4.89. The van der Waals surface area contributed by atoms with Gasteiger partial charge in [-0.2, -0.15) is 0 Å². The highest BCUT2D eigenvalue weighted by Gasteiger charge is 2.18. The van der Waals surface area contributed by atoms with Crippen molar-refractivity contribution in [3.63, 3.8) is 0 Å². The monoisotopic (exact) mass is 228 g/mol. The average molecular weight is 228 g/mol. The molecule has 4 heteroatoms. The van der Waals surface area contributed by atoms with E-state index in [0.717, 1.165) is 58.5 Å². The zero-order valence-corrected chi connectivity index (χ0v) is 10.3. The Morgan fingerprint density at radius 2 is 2.12 bits per heavy atom.